The maximum Gasteiger partial charge on any atom is 0.410 e. The molecule has 25 heavy (non-hydrogen) atoms. The molecule has 1 aromatic carbocycles. The quantitative estimate of drug-likeness (QED) is 0.883. The number of anilines is 1. The van der Waals surface area contributed by atoms with Crippen molar-refractivity contribution in [2.24, 2.45) is 0 Å². The molecule has 7 heteroatoms. The van der Waals surface area contributed by atoms with Gasteiger partial charge in [0.15, 0.2) is 0 Å². The van der Waals surface area contributed by atoms with E-state index in [0.717, 1.165) is 30.0 Å². The minimum absolute atomic E-state index is 0.255. The summed E-state index contributed by atoms with van der Waals surface area (Å²) in [4.78, 5) is 16.2. The molecular formula is C18H23ClN4O2. The summed E-state index contributed by atoms with van der Waals surface area (Å²) < 4.78 is 5.44. The van der Waals surface area contributed by atoms with E-state index >= 15 is 0 Å². The number of rotatable bonds is 2. The van der Waals surface area contributed by atoms with Crippen LogP contribution in [0.5, 0.6) is 0 Å². The minimum Gasteiger partial charge on any atom is -0.444 e. The molecule has 1 aliphatic rings. The lowest BCUT2D eigenvalue weighted by molar-refractivity contribution is 0.0240. The maximum atomic E-state index is 12.2. The van der Waals surface area contributed by atoms with E-state index in [0.29, 0.717) is 18.1 Å². The Morgan fingerprint density at radius 3 is 2.60 bits per heavy atom. The van der Waals surface area contributed by atoms with Crippen LogP contribution in [0.15, 0.2) is 30.5 Å². The predicted octanol–water partition coefficient (Wildman–Crippen LogP) is 3.79. The summed E-state index contributed by atoms with van der Waals surface area (Å²) in [6.07, 6.45) is 1.56. The van der Waals surface area contributed by atoms with E-state index in [1.165, 1.54) is 0 Å². The number of carbonyl (C=O) groups excluding carboxylic acids is 1. The van der Waals surface area contributed by atoms with Crippen molar-refractivity contribution < 1.29 is 9.53 Å². The summed E-state index contributed by atoms with van der Waals surface area (Å²) in [5, 5.41) is 7.93. The zero-order valence-corrected chi connectivity index (χ0v) is 15.5. The molecule has 134 valence electrons. The van der Waals surface area contributed by atoms with E-state index < -0.39 is 5.60 Å². The van der Waals surface area contributed by atoms with Gasteiger partial charge in [-0.15, -0.1) is 0 Å². The molecular weight excluding hydrogens is 340 g/mol. The summed E-state index contributed by atoms with van der Waals surface area (Å²) in [6.45, 7) is 8.33. The van der Waals surface area contributed by atoms with E-state index in [1.54, 1.807) is 4.90 Å². The Balaban J connectivity index is 1.68. The molecule has 0 unspecified atom stereocenters. The van der Waals surface area contributed by atoms with E-state index in [2.05, 4.69) is 15.1 Å². The zero-order valence-electron chi connectivity index (χ0n) is 14.8. The van der Waals surface area contributed by atoms with Gasteiger partial charge in [-0.05, 0) is 32.9 Å². The first-order valence-electron chi connectivity index (χ1n) is 8.36. The molecule has 0 aliphatic carbocycles. The van der Waals surface area contributed by atoms with Crippen LogP contribution < -0.4 is 4.90 Å². The second kappa shape index (κ2) is 6.96. The van der Waals surface area contributed by atoms with Crippen LogP contribution in [0, 0.1) is 0 Å². The number of nitrogens with one attached hydrogen (secondary N) is 1. The molecule has 0 saturated carbocycles. The van der Waals surface area contributed by atoms with E-state index in [9.17, 15) is 4.79 Å². The van der Waals surface area contributed by atoms with Crippen LogP contribution in [0.3, 0.4) is 0 Å². The molecule has 1 amide bonds. The van der Waals surface area contributed by atoms with Crippen molar-refractivity contribution in [2.75, 3.05) is 31.1 Å². The van der Waals surface area contributed by atoms with Gasteiger partial charge in [0.1, 0.15) is 5.60 Å². The average molecular weight is 363 g/mol. The van der Waals surface area contributed by atoms with E-state index in [1.807, 2.05) is 51.2 Å². The van der Waals surface area contributed by atoms with Gasteiger partial charge in [0.2, 0.25) is 0 Å². The van der Waals surface area contributed by atoms with Crippen LogP contribution in [-0.2, 0) is 4.74 Å². The highest BCUT2D eigenvalue weighted by molar-refractivity contribution is 6.30. The molecule has 3 rings (SSSR count). The summed E-state index contributed by atoms with van der Waals surface area (Å²) in [6, 6.07) is 7.68. The number of aromatic amines is 1. The van der Waals surface area contributed by atoms with Crippen molar-refractivity contribution in [1.82, 2.24) is 15.1 Å². The summed E-state index contributed by atoms with van der Waals surface area (Å²) in [7, 11) is 0. The third kappa shape index (κ3) is 4.25. The number of ether oxygens (including phenoxy) is 1. The number of piperazine rings is 1. The number of halogens is 1. The molecule has 0 bridgehead atoms. The van der Waals surface area contributed by atoms with Gasteiger partial charge in [0, 0.05) is 36.8 Å². The number of amides is 1. The molecule has 6 nitrogen and oxygen atoms in total. The Bertz CT molecular complexity index is 746. The van der Waals surface area contributed by atoms with Crippen LogP contribution in [-0.4, -0.2) is 53.0 Å². The van der Waals surface area contributed by atoms with Crippen molar-refractivity contribution in [3.63, 3.8) is 0 Å². The lowest BCUT2D eigenvalue weighted by Gasteiger charge is -2.36. The highest BCUT2D eigenvalue weighted by Gasteiger charge is 2.27. The molecule has 0 atom stereocenters. The SMILES string of the molecule is CC(C)(C)OC(=O)N1CCN(c2cn[nH]c2-c2cccc(Cl)c2)CC1. The van der Waals surface area contributed by atoms with Gasteiger partial charge >= 0.3 is 6.09 Å². The monoisotopic (exact) mass is 362 g/mol. The van der Waals surface area contributed by atoms with Gasteiger partial charge in [-0.1, -0.05) is 23.7 Å². The number of benzene rings is 1. The summed E-state index contributed by atoms with van der Waals surface area (Å²) >= 11 is 6.10. The second-order valence-electron chi connectivity index (χ2n) is 7.10. The number of hydrogen-bond donors (Lipinski definition) is 1. The predicted molar refractivity (Wildman–Crippen MR) is 99.1 cm³/mol. The summed E-state index contributed by atoms with van der Waals surface area (Å²) in [5.41, 5.74) is 2.48. The van der Waals surface area contributed by atoms with Crippen molar-refractivity contribution in [3.05, 3.63) is 35.5 Å². The van der Waals surface area contributed by atoms with Gasteiger partial charge < -0.3 is 14.5 Å². The molecule has 1 aliphatic heterocycles. The molecule has 1 fully saturated rings. The Morgan fingerprint density at radius 1 is 1.24 bits per heavy atom. The van der Waals surface area contributed by atoms with Crippen LogP contribution in [0.1, 0.15) is 20.8 Å². The van der Waals surface area contributed by atoms with E-state index in [4.69, 9.17) is 16.3 Å². The zero-order chi connectivity index (χ0) is 18.0. The second-order valence-corrected chi connectivity index (χ2v) is 7.53. The highest BCUT2D eigenvalue weighted by Crippen LogP contribution is 2.30. The third-order valence-electron chi connectivity index (χ3n) is 4.00. The Kier molecular flexibility index (Phi) is 4.90. The fourth-order valence-electron chi connectivity index (χ4n) is 2.83. The standard InChI is InChI=1S/C18H23ClN4O2/c1-18(2,3)25-17(24)23-9-7-22(8-10-23)15-12-20-21-16(15)13-5-4-6-14(19)11-13/h4-6,11-12H,7-10H2,1-3H3,(H,20,21). The van der Waals surface area contributed by atoms with Gasteiger partial charge in [-0.2, -0.15) is 5.10 Å². The summed E-state index contributed by atoms with van der Waals surface area (Å²) in [5.74, 6) is 0. The van der Waals surface area contributed by atoms with Crippen LogP contribution in [0.2, 0.25) is 5.02 Å². The first-order chi connectivity index (χ1) is 11.8. The number of H-pyrrole nitrogens is 1. The average Bonchev–Trinajstić information content (AvgIpc) is 3.03. The number of hydrogen-bond acceptors (Lipinski definition) is 4. The van der Waals surface area contributed by atoms with Gasteiger partial charge in [0.25, 0.3) is 0 Å². The lowest BCUT2D eigenvalue weighted by Crippen LogP contribution is -2.50. The molecule has 2 heterocycles. The maximum absolute atomic E-state index is 12.2. The highest BCUT2D eigenvalue weighted by atomic mass is 35.5. The molecule has 1 aromatic heterocycles. The number of aromatic nitrogens is 2. The van der Waals surface area contributed by atoms with E-state index in [-0.39, 0.29) is 6.09 Å². The lowest BCUT2D eigenvalue weighted by atomic mass is 10.1. The Morgan fingerprint density at radius 2 is 1.96 bits per heavy atom. The third-order valence-corrected chi connectivity index (χ3v) is 4.24. The van der Waals surface area contributed by atoms with Crippen LogP contribution >= 0.6 is 11.6 Å². The molecule has 0 radical (unpaired) electrons. The minimum atomic E-state index is -0.474. The van der Waals surface area contributed by atoms with Crippen molar-refractivity contribution >= 4 is 23.4 Å². The van der Waals surface area contributed by atoms with Gasteiger partial charge in [0.05, 0.1) is 17.6 Å². The molecule has 0 spiro atoms. The van der Waals surface area contributed by atoms with Crippen LogP contribution in [0.25, 0.3) is 11.3 Å². The molecule has 2 aromatic rings. The molecule has 1 N–H and O–H groups in total. The van der Waals surface area contributed by atoms with Crippen molar-refractivity contribution in [2.45, 2.75) is 26.4 Å². The fourth-order valence-corrected chi connectivity index (χ4v) is 3.02. The van der Waals surface area contributed by atoms with Gasteiger partial charge in [-0.25, -0.2) is 4.79 Å². The van der Waals surface area contributed by atoms with Gasteiger partial charge in [-0.3, -0.25) is 5.10 Å². The number of carbonyl (C=O) groups is 1. The van der Waals surface area contributed by atoms with Crippen LogP contribution in [0.4, 0.5) is 10.5 Å². The topological polar surface area (TPSA) is 61.5 Å². The Hall–Kier alpha value is -2.21. The molecule has 1 saturated heterocycles. The normalized spacial score (nSPS) is 15.4. The smallest absolute Gasteiger partial charge is 0.410 e. The first kappa shape index (κ1) is 17.6. The fraction of sp³-hybridized carbons (Fsp3) is 0.444. The number of nitrogens with zero attached hydrogens (tertiary/aromatic N) is 3. The largest absolute Gasteiger partial charge is 0.444 e. The van der Waals surface area contributed by atoms with Crippen molar-refractivity contribution in [3.8, 4) is 11.3 Å². The first-order valence-corrected chi connectivity index (χ1v) is 8.73. The Labute approximate surface area is 152 Å². The van der Waals surface area contributed by atoms with Crippen molar-refractivity contribution in [1.29, 1.82) is 0 Å².